The SMILES string of the molecule is CCOc1ccc(S(=O)(=O)NCC(=O)OC)cc1C(=O)O. The lowest BCUT2D eigenvalue weighted by Crippen LogP contribution is -2.30. The highest BCUT2D eigenvalue weighted by molar-refractivity contribution is 7.89. The number of methoxy groups -OCH3 is 1. The lowest BCUT2D eigenvalue weighted by molar-refractivity contribution is -0.139. The van der Waals surface area contributed by atoms with Crippen LogP contribution in [0.25, 0.3) is 0 Å². The van der Waals surface area contributed by atoms with Crippen molar-refractivity contribution in [2.24, 2.45) is 0 Å². The molecule has 8 nitrogen and oxygen atoms in total. The molecule has 0 aliphatic carbocycles. The zero-order valence-electron chi connectivity index (χ0n) is 11.5. The Bertz CT molecular complexity index is 639. The van der Waals surface area contributed by atoms with Gasteiger partial charge in [0.05, 0.1) is 18.6 Å². The number of carboxylic acids is 1. The van der Waals surface area contributed by atoms with Crippen LogP contribution in [0.4, 0.5) is 0 Å². The van der Waals surface area contributed by atoms with Crippen molar-refractivity contribution in [3.8, 4) is 5.75 Å². The molecule has 0 amide bonds. The summed E-state index contributed by atoms with van der Waals surface area (Å²) in [5.41, 5.74) is -0.280. The Labute approximate surface area is 121 Å². The number of carboxylic acid groups (broad SMARTS) is 1. The van der Waals surface area contributed by atoms with Gasteiger partial charge in [0, 0.05) is 0 Å². The van der Waals surface area contributed by atoms with Crippen molar-refractivity contribution in [1.82, 2.24) is 4.72 Å². The van der Waals surface area contributed by atoms with Gasteiger partial charge in [0.1, 0.15) is 17.9 Å². The first-order valence-corrected chi connectivity index (χ1v) is 7.36. The number of hydrogen-bond donors (Lipinski definition) is 2. The molecule has 21 heavy (non-hydrogen) atoms. The van der Waals surface area contributed by atoms with E-state index in [9.17, 15) is 18.0 Å². The third-order valence-corrected chi connectivity index (χ3v) is 3.82. The summed E-state index contributed by atoms with van der Waals surface area (Å²) in [6, 6.07) is 3.41. The van der Waals surface area contributed by atoms with Gasteiger partial charge in [-0.2, -0.15) is 4.72 Å². The summed E-state index contributed by atoms with van der Waals surface area (Å²) >= 11 is 0. The van der Waals surface area contributed by atoms with E-state index in [2.05, 4.69) is 4.74 Å². The van der Waals surface area contributed by atoms with E-state index in [0.29, 0.717) is 0 Å². The van der Waals surface area contributed by atoms with Gasteiger partial charge in [0.2, 0.25) is 10.0 Å². The third-order valence-electron chi connectivity index (χ3n) is 2.43. The lowest BCUT2D eigenvalue weighted by Gasteiger charge is -2.10. The summed E-state index contributed by atoms with van der Waals surface area (Å²) in [7, 11) is -2.90. The first kappa shape index (κ1) is 16.9. The molecule has 2 N–H and O–H groups in total. The van der Waals surface area contributed by atoms with Gasteiger partial charge in [-0.05, 0) is 25.1 Å². The summed E-state index contributed by atoms with van der Waals surface area (Å²) in [5.74, 6) is -2.01. The van der Waals surface area contributed by atoms with Gasteiger partial charge in [0.25, 0.3) is 0 Å². The highest BCUT2D eigenvalue weighted by atomic mass is 32.2. The maximum absolute atomic E-state index is 11.9. The van der Waals surface area contributed by atoms with Crippen molar-refractivity contribution in [3.63, 3.8) is 0 Å². The molecule has 0 aliphatic rings. The number of esters is 1. The number of sulfonamides is 1. The molecule has 0 saturated carbocycles. The van der Waals surface area contributed by atoms with Crippen molar-refractivity contribution >= 4 is 22.0 Å². The van der Waals surface area contributed by atoms with E-state index >= 15 is 0 Å². The first-order chi connectivity index (χ1) is 9.81. The molecule has 0 aromatic heterocycles. The van der Waals surface area contributed by atoms with Gasteiger partial charge in [-0.1, -0.05) is 0 Å². The fourth-order valence-corrected chi connectivity index (χ4v) is 2.43. The number of hydrogen-bond acceptors (Lipinski definition) is 6. The summed E-state index contributed by atoms with van der Waals surface area (Å²) in [6.07, 6.45) is 0. The Balaban J connectivity index is 3.10. The van der Waals surface area contributed by atoms with Crippen LogP contribution in [0, 0.1) is 0 Å². The van der Waals surface area contributed by atoms with E-state index in [-0.39, 0.29) is 22.8 Å². The molecule has 116 valence electrons. The van der Waals surface area contributed by atoms with Crippen LogP contribution >= 0.6 is 0 Å². The predicted octanol–water partition coefficient (Wildman–Crippen LogP) is 0.235. The molecule has 1 rings (SSSR count). The predicted molar refractivity (Wildman–Crippen MR) is 71.8 cm³/mol. The second-order valence-corrected chi connectivity index (χ2v) is 5.56. The van der Waals surface area contributed by atoms with Gasteiger partial charge in [0.15, 0.2) is 0 Å². The zero-order valence-corrected chi connectivity index (χ0v) is 12.3. The highest BCUT2D eigenvalue weighted by Crippen LogP contribution is 2.22. The van der Waals surface area contributed by atoms with Crippen molar-refractivity contribution in [3.05, 3.63) is 23.8 Å². The van der Waals surface area contributed by atoms with Gasteiger partial charge in [-0.3, -0.25) is 4.79 Å². The fraction of sp³-hybridized carbons (Fsp3) is 0.333. The third kappa shape index (κ3) is 4.43. The fourth-order valence-electron chi connectivity index (χ4n) is 1.43. The minimum Gasteiger partial charge on any atom is -0.493 e. The molecule has 0 radical (unpaired) electrons. The van der Waals surface area contributed by atoms with Crippen LogP contribution in [-0.2, 0) is 19.6 Å². The lowest BCUT2D eigenvalue weighted by atomic mass is 10.2. The molecule has 0 spiro atoms. The molecule has 0 heterocycles. The monoisotopic (exact) mass is 317 g/mol. The van der Waals surface area contributed by atoms with Crippen LogP contribution < -0.4 is 9.46 Å². The van der Waals surface area contributed by atoms with Crippen LogP contribution in [0.5, 0.6) is 5.75 Å². The van der Waals surface area contributed by atoms with Gasteiger partial charge in [-0.25, -0.2) is 13.2 Å². The first-order valence-electron chi connectivity index (χ1n) is 5.88. The quantitative estimate of drug-likeness (QED) is 0.691. The largest absolute Gasteiger partial charge is 0.493 e. The standard InChI is InChI=1S/C12H15NO7S/c1-3-20-10-5-4-8(6-9(10)12(15)16)21(17,18)13-7-11(14)19-2/h4-6,13H,3,7H2,1-2H3,(H,15,16). The van der Waals surface area contributed by atoms with E-state index in [1.54, 1.807) is 6.92 Å². The number of nitrogens with one attached hydrogen (secondary N) is 1. The van der Waals surface area contributed by atoms with E-state index in [4.69, 9.17) is 9.84 Å². The van der Waals surface area contributed by atoms with Crippen LogP contribution in [0.2, 0.25) is 0 Å². The van der Waals surface area contributed by atoms with Crippen molar-refractivity contribution in [2.75, 3.05) is 20.3 Å². The molecule has 9 heteroatoms. The van der Waals surface area contributed by atoms with Crippen molar-refractivity contribution in [1.29, 1.82) is 0 Å². The van der Waals surface area contributed by atoms with Crippen molar-refractivity contribution in [2.45, 2.75) is 11.8 Å². The number of ether oxygens (including phenoxy) is 2. The van der Waals surface area contributed by atoms with E-state index in [0.717, 1.165) is 13.2 Å². The molecular formula is C12H15NO7S. The van der Waals surface area contributed by atoms with Crippen LogP contribution in [0.3, 0.4) is 0 Å². The molecular weight excluding hydrogens is 302 g/mol. The number of aromatic carboxylic acids is 1. The minimum absolute atomic E-state index is 0.0666. The van der Waals surface area contributed by atoms with Crippen LogP contribution in [0.15, 0.2) is 23.1 Å². The van der Waals surface area contributed by atoms with Gasteiger partial charge < -0.3 is 14.6 Å². The second-order valence-electron chi connectivity index (χ2n) is 3.80. The molecule has 0 atom stereocenters. The summed E-state index contributed by atoms with van der Waals surface area (Å²) in [6.45, 7) is 1.37. The Morgan fingerprint density at radius 2 is 2.00 bits per heavy atom. The number of carbonyl (C=O) groups excluding carboxylic acids is 1. The van der Waals surface area contributed by atoms with Gasteiger partial charge in [-0.15, -0.1) is 0 Å². The molecule has 0 saturated heterocycles. The average molecular weight is 317 g/mol. The summed E-state index contributed by atoms with van der Waals surface area (Å²) in [4.78, 5) is 21.8. The Morgan fingerprint density at radius 1 is 1.33 bits per heavy atom. The smallest absolute Gasteiger partial charge is 0.339 e. The highest BCUT2D eigenvalue weighted by Gasteiger charge is 2.20. The average Bonchev–Trinajstić information content (AvgIpc) is 2.45. The Hall–Kier alpha value is -2.13. The number of rotatable bonds is 7. The molecule has 0 aliphatic heterocycles. The zero-order chi connectivity index (χ0) is 16.0. The normalized spacial score (nSPS) is 11.0. The number of benzene rings is 1. The topological polar surface area (TPSA) is 119 Å². The van der Waals surface area contributed by atoms with Gasteiger partial charge >= 0.3 is 11.9 Å². The van der Waals surface area contributed by atoms with E-state index < -0.39 is 28.5 Å². The number of carbonyl (C=O) groups is 2. The Morgan fingerprint density at radius 3 is 2.52 bits per heavy atom. The summed E-state index contributed by atoms with van der Waals surface area (Å²) in [5, 5.41) is 9.07. The second kappa shape index (κ2) is 7.04. The maximum atomic E-state index is 11.9. The molecule has 1 aromatic carbocycles. The van der Waals surface area contributed by atoms with Crippen molar-refractivity contribution < 1.29 is 32.6 Å². The van der Waals surface area contributed by atoms with Crippen LogP contribution in [0.1, 0.15) is 17.3 Å². The molecule has 0 unspecified atom stereocenters. The molecule has 1 aromatic rings. The Kier molecular flexibility index (Phi) is 5.68. The van der Waals surface area contributed by atoms with Crippen LogP contribution in [-0.4, -0.2) is 45.7 Å². The minimum atomic E-state index is -4.02. The maximum Gasteiger partial charge on any atom is 0.339 e. The summed E-state index contributed by atoms with van der Waals surface area (Å²) < 4.78 is 35.3. The molecule has 0 bridgehead atoms. The van der Waals surface area contributed by atoms with E-state index in [1.807, 2.05) is 4.72 Å². The molecule has 0 fully saturated rings. The van der Waals surface area contributed by atoms with E-state index in [1.165, 1.54) is 12.1 Å².